The van der Waals surface area contributed by atoms with Gasteiger partial charge in [0.2, 0.25) is 0 Å². The number of aryl methyl sites for hydroxylation is 1. The van der Waals surface area contributed by atoms with E-state index in [1.807, 2.05) is 0 Å². The van der Waals surface area contributed by atoms with Gasteiger partial charge in [-0.2, -0.15) is 13.2 Å². The number of imidazole rings is 1. The number of carbonyl (C=O) groups excluding carboxylic acids is 1. The molecule has 1 aromatic carbocycles. The van der Waals surface area contributed by atoms with Crippen LogP contribution in [0.1, 0.15) is 21.7 Å². The van der Waals surface area contributed by atoms with E-state index in [0.717, 1.165) is 10.9 Å². The van der Waals surface area contributed by atoms with Crippen LogP contribution >= 0.6 is 0 Å². The minimum Gasteiger partial charge on any atom is -0.354 e. The molecule has 0 atom stereocenters. The molecular weight excluding hydrogens is 271 g/mol. The molecule has 0 bridgehead atoms. The zero-order valence-electron chi connectivity index (χ0n) is 10.8. The molecule has 0 fully saturated rings. The lowest BCUT2D eigenvalue weighted by Crippen LogP contribution is -2.24. The summed E-state index contributed by atoms with van der Waals surface area (Å²) in [6, 6.07) is 6.58. The van der Waals surface area contributed by atoms with Crippen LogP contribution in [0.25, 0.3) is 5.69 Å². The molecule has 0 unspecified atom stereocenters. The maximum Gasteiger partial charge on any atom is 0.434 e. The van der Waals surface area contributed by atoms with Crippen molar-refractivity contribution in [2.45, 2.75) is 13.1 Å². The highest BCUT2D eigenvalue weighted by atomic mass is 19.4. The van der Waals surface area contributed by atoms with Crippen molar-refractivity contribution >= 4 is 5.91 Å². The van der Waals surface area contributed by atoms with Gasteiger partial charge in [-0.25, -0.2) is 4.98 Å². The second-order valence-electron chi connectivity index (χ2n) is 4.18. The standard InChI is InChI=1S/C13H12F3N3O/c1-8-5-3-4-6-9(8)19-7-18-10(12(20)17-2)11(19)13(14,15)16/h3-7H,1-2H3,(H,17,20). The Balaban J connectivity index is 2.70. The molecule has 1 amide bonds. The Morgan fingerprint density at radius 1 is 1.30 bits per heavy atom. The van der Waals surface area contributed by atoms with Gasteiger partial charge in [0.05, 0.1) is 5.69 Å². The molecule has 0 aliphatic carbocycles. The quantitative estimate of drug-likeness (QED) is 0.920. The van der Waals surface area contributed by atoms with E-state index >= 15 is 0 Å². The minimum atomic E-state index is -4.68. The first-order chi connectivity index (χ1) is 9.36. The Morgan fingerprint density at radius 3 is 2.50 bits per heavy atom. The van der Waals surface area contributed by atoms with Crippen molar-refractivity contribution in [3.05, 3.63) is 47.5 Å². The zero-order chi connectivity index (χ0) is 14.9. The molecule has 0 aliphatic heterocycles. The molecule has 0 saturated heterocycles. The van der Waals surface area contributed by atoms with Gasteiger partial charge in [-0.05, 0) is 18.6 Å². The van der Waals surface area contributed by atoms with E-state index in [4.69, 9.17) is 0 Å². The Morgan fingerprint density at radius 2 is 1.95 bits per heavy atom. The van der Waals surface area contributed by atoms with Crippen molar-refractivity contribution in [1.29, 1.82) is 0 Å². The van der Waals surface area contributed by atoms with Gasteiger partial charge in [-0.1, -0.05) is 18.2 Å². The van der Waals surface area contributed by atoms with E-state index in [0.29, 0.717) is 11.3 Å². The number of nitrogens with zero attached hydrogens (tertiary/aromatic N) is 2. The highest BCUT2D eigenvalue weighted by Gasteiger charge is 2.40. The van der Waals surface area contributed by atoms with Crippen molar-refractivity contribution in [3.8, 4) is 5.69 Å². The molecule has 0 aliphatic rings. The van der Waals surface area contributed by atoms with Crippen LogP contribution in [0, 0.1) is 6.92 Å². The largest absolute Gasteiger partial charge is 0.434 e. The van der Waals surface area contributed by atoms with Gasteiger partial charge in [0.25, 0.3) is 5.91 Å². The highest BCUT2D eigenvalue weighted by molar-refractivity contribution is 5.93. The first kappa shape index (κ1) is 14.1. The van der Waals surface area contributed by atoms with Crippen LogP contribution in [-0.2, 0) is 6.18 Å². The highest BCUT2D eigenvalue weighted by Crippen LogP contribution is 2.34. The van der Waals surface area contributed by atoms with E-state index in [1.165, 1.54) is 7.05 Å². The van der Waals surface area contributed by atoms with E-state index in [9.17, 15) is 18.0 Å². The molecule has 0 radical (unpaired) electrons. The number of para-hydroxylation sites is 1. The molecule has 2 aromatic rings. The van der Waals surface area contributed by atoms with Gasteiger partial charge >= 0.3 is 6.18 Å². The van der Waals surface area contributed by atoms with Crippen molar-refractivity contribution in [2.24, 2.45) is 0 Å². The molecule has 7 heteroatoms. The molecule has 1 heterocycles. The topological polar surface area (TPSA) is 46.9 Å². The summed E-state index contributed by atoms with van der Waals surface area (Å²) in [7, 11) is 1.26. The van der Waals surface area contributed by atoms with Crippen LogP contribution in [0.5, 0.6) is 0 Å². The van der Waals surface area contributed by atoms with Crippen LogP contribution < -0.4 is 5.32 Å². The number of nitrogens with one attached hydrogen (secondary N) is 1. The number of alkyl halides is 3. The molecular formula is C13H12F3N3O. The predicted molar refractivity (Wildman–Crippen MR) is 66.7 cm³/mol. The lowest BCUT2D eigenvalue weighted by atomic mass is 10.2. The number of hydrogen-bond donors (Lipinski definition) is 1. The smallest absolute Gasteiger partial charge is 0.354 e. The molecule has 0 saturated carbocycles. The maximum absolute atomic E-state index is 13.2. The number of hydrogen-bond acceptors (Lipinski definition) is 2. The summed E-state index contributed by atoms with van der Waals surface area (Å²) in [5.74, 6) is -0.871. The second kappa shape index (κ2) is 4.99. The Labute approximate surface area is 113 Å². The number of rotatable bonds is 2. The Kier molecular flexibility index (Phi) is 3.52. The van der Waals surface area contributed by atoms with Crippen molar-refractivity contribution in [3.63, 3.8) is 0 Å². The van der Waals surface area contributed by atoms with Crippen LogP contribution in [0.4, 0.5) is 13.2 Å². The first-order valence-electron chi connectivity index (χ1n) is 5.79. The molecule has 20 heavy (non-hydrogen) atoms. The molecule has 1 aromatic heterocycles. The van der Waals surface area contributed by atoms with Gasteiger partial charge in [-0.3, -0.25) is 9.36 Å². The lowest BCUT2D eigenvalue weighted by Gasteiger charge is -2.14. The third-order valence-electron chi connectivity index (χ3n) is 2.85. The van der Waals surface area contributed by atoms with Gasteiger partial charge in [0.15, 0.2) is 11.4 Å². The van der Waals surface area contributed by atoms with Crippen LogP contribution in [0.15, 0.2) is 30.6 Å². The average Bonchev–Trinajstić information content (AvgIpc) is 2.83. The maximum atomic E-state index is 13.2. The Bertz CT molecular complexity index is 647. The Hall–Kier alpha value is -2.31. The van der Waals surface area contributed by atoms with Crippen LogP contribution in [-0.4, -0.2) is 22.5 Å². The van der Waals surface area contributed by atoms with Crippen molar-refractivity contribution in [1.82, 2.24) is 14.9 Å². The normalized spacial score (nSPS) is 11.4. The number of halogens is 3. The lowest BCUT2D eigenvalue weighted by molar-refractivity contribution is -0.142. The fraction of sp³-hybridized carbons (Fsp3) is 0.231. The molecule has 2 rings (SSSR count). The number of benzene rings is 1. The van der Waals surface area contributed by atoms with E-state index < -0.39 is 23.5 Å². The number of aromatic nitrogens is 2. The van der Waals surface area contributed by atoms with E-state index in [-0.39, 0.29) is 0 Å². The zero-order valence-corrected chi connectivity index (χ0v) is 10.8. The van der Waals surface area contributed by atoms with Gasteiger partial charge < -0.3 is 5.32 Å². The minimum absolute atomic E-state index is 0.336. The summed E-state index contributed by atoms with van der Waals surface area (Å²) in [5, 5.41) is 2.16. The first-order valence-corrected chi connectivity index (χ1v) is 5.79. The third-order valence-corrected chi connectivity index (χ3v) is 2.85. The van der Waals surface area contributed by atoms with Crippen LogP contribution in [0.3, 0.4) is 0 Å². The fourth-order valence-electron chi connectivity index (χ4n) is 1.92. The summed E-state index contributed by atoms with van der Waals surface area (Å²) < 4.78 is 40.5. The summed E-state index contributed by atoms with van der Waals surface area (Å²) in [6.45, 7) is 1.69. The molecule has 4 nitrogen and oxygen atoms in total. The summed E-state index contributed by atoms with van der Waals surface area (Å²) >= 11 is 0. The molecule has 106 valence electrons. The SMILES string of the molecule is CNC(=O)c1ncn(-c2ccccc2C)c1C(F)(F)F. The summed E-state index contributed by atoms with van der Waals surface area (Å²) in [5.41, 5.74) is -0.726. The average molecular weight is 283 g/mol. The van der Waals surface area contributed by atoms with Crippen molar-refractivity contribution < 1.29 is 18.0 Å². The third kappa shape index (κ3) is 2.38. The van der Waals surface area contributed by atoms with Crippen molar-refractivity contribution in [2.75, 3.05) is 7.05 Å². The molecule has 0 spiro atoms. The van der Waals surface area contributed by atoms with E-state index in [1.54, 1.807) is 31.2 Å². The second-order valence-corrected chi connectivity index (χ2v) is 4.18. The summed E-state index contributed by atoms with van der Waals surface area (Å²) in [6.07, 6.45) is -3.67. The summed E-state index contributed by atoms with van der Waals surface area (Å²) in [4.78, 5) is 15.1. The number of amides is 1. The van der Waals surface area contributed by atoms with Gasteiger partial charge in [-0.15, -0.1) is 0 Å². The fourth-order valence-corrected chi connectivity index (χ4v) is 1.92. The van der Waals surface area contributed by atoms with Gasteiger partial charge in [0.1, 0.15) is 6.33 Å². The van der Waals surface area contributed by atoms with Crippen LogP contribution in [0.2, 0.25) is 0 Å². The monoisotopic (exact) mass is 283 g/mol. The predicted octanol–water partition coefficient (Wildman–Crippen LogP) is 2.56. The number of carbonyl (C=O) groups is 1. The van der Waals surface area contributed by atoms with Gasteiger partial charge in [0, 0.05) is 7.05 Å². The van der Waals surface area contributed by atoms with E-state index in [2.05, 4.69) is 10.3 Å². The molecule has 1 N–H and O–H groups in total.